The van der Waals surface area contributed by atoms with Crippen LogP contribution in [0.1, 0.15) is 29.0 Å². The van der Waals surface area contributed by atoms with Gasteiger partial charge in [0.15, 0.2) is 0 Å². The van der Waals surface area contributed by atoms with Crippen molar-refractivity contribution >= 4 is 27.3 Å². The highest BCUT2D eigenvalue weighted by atomic mass is 32.2. The molecule has 2 unspecified atom stereocenters. The molecule has 3 rings (SSSR count). The van der Waals surface area contributed by atoms with Gasteiger partial charge in [0.05, 0.1) is 4.90 Å². The second kappa shape index (κ2) is 5.37. The molecule has 2 aliphatic heterocycles. The summed E-state index contributed by atoms with van der Waals surface area (Å²) in [6, 6.07) is 1.91. The van der Waals surface area contributed by atoms with Crippen LogP contribution in [0.25, 0.3) is 0 Å². The zero-order chi connectivity index (χ0) is 15.2. The number of piperidine rings is 2. The van der Waals surface area contributed by atoms with Crippen LogP contribution in [0.5, 0.6) is 0 Å². The Labute approximate surface area is 129 Å². The van der Waals surface area contributed by atoms with E-state index in [1.807, 2.05) is 13.8 Å². The minimum absolute atomic E-state index is 0.0943. The highest BCUT2D eigenvalue weighted by Gasteiger charge is 2.38. The molecule has 2 saturated heterocycles. The van der Waals surface area contributed by atoms with Gasteiger partial charge in [-0.25, -0.2) is 8.42 Å². The van der Waals surface area contributed by atoms with Gasteiger partial charge in [0.2, 0.25) is 15.9 Å². The molecule has 5 nitrogen and oxygen atoms in total. The van der Waals surface area contributed by atoms with Crippen molar-refractivity contribution in [2.75, 3.05) is 13.1 Å². The highest BCUT2D eigenvalue weighted by Crippen LogP contribution is 2.32. The van der Waals surface area contributed by atoms with Gasteiger partial charge in [0.25, 0.3) is 0 Å². The number of aryl methyl sites for hydroxylation is 2. The van der Waals surface area contributed by atoms with Crippen molar-refractivity contribution in [3.8, 4) is 0 Å². The Hall–Kier alpha value is -0.920. The van der Waals surface area contributed by atoms with Crippen LogP contribution in [0, 0.1) is 19.8 Å². The van der Waals surface area contributed by atoms with E-state index in [9.17, 15) is 13.2 Å². The van der Waals surface area contributed by atoms with Gasteiger partial charge in [-0.05, 0) is 38.7 Å². The summed E-state index contributed by atoms with van der Waals surface area (Å²) in [6.45, 7) is 4.79. The first kappa shape index (κ1) is 15.0. The second-order valence-electron chi connectivity index (χ2n) is 5.90. The number of hydrogen-bond acceptors (Lipinski definition) is 4. The van der Waals surface area contributed by atoms with Crippen LogP contribution in [0.3, 0.4) is 0 Å². The first-order chi connectivity index (χ1) is 9.88. The molecular formula is C14H20N2O3S2. The van der Waals surface area contributed by atoms with E-state index in [0.717, 1.165) is 16.2 Å². The highest BCUT2D eigenvalue weighted by molar-refractivity contribution is 7.89. The lowest BCUT2D eigenvalue weighted by Gasteiger charge is -2.40. The second-order valence-corrected chi connectivity index (χ2v) is 9.27. The van der Waals surface area contributed by atoms with E-state index < -0.39 is 10.0 Å². The van der Waals surface area contributed by atoms with E-state index in [-0.39, 0.29) is 17.9 Å². The van der Waals surface area contributed by atoms with E-state index in [1.165, 1.54) is 11.3 Å². The van der Waals surface area contributed by atoms with Gasteiger partial charge in [-0.1, -0.05) is 0 Å². The molecule has 7 heteroatoms. The predicted octanol–water partition coefficient (Wildman–Crippen LogP) is 1.65. The molecule has 1 aromatic heterocycles. The number of sulfonamides is 1. The Morgan fingerprint density at radius 1 is 1.33 bits per heavy atom. The molecule has 0 aromatic carbocycles. The Kier molecular flexibility index (Phi) is 3.83. The van der Waals surface area contributed by atoms with Gasteiger partial charge in [-0.3, -0.25) is 4.79 Å². The van der Waals surface area contributed by atoms with Crippen LogP contribution in [0.15, 0.2) is 11.0 Å². The first-order valence-corrected chi connectivity index (χ1v) is 9.50. The molecular weight excluding hydrogens is 308 g/mol. The zero-order valence-electron chi connectivity index (χ0n) is 12.3. The van der Waals surface area contributed by atoms with Crippen LogP contribution in [-0.2, 0) is 14.8 Å². The molecule has 1 amide bonds. The van der Waals surface area contributed by atoms with E-state index >= 15 is 0 Å². The summed E-state index contributed by atoms with van der Waals surface area (Å²) in [4.78, 5) is 13.7. The van der Waals surface area contributed by atoms with Gasteiger partial charge in [-0.2, -0.15) is 4.31 Å². The minimum atomic E-state index is -3.40. The number of amides is 1. The average Bonchev–Trinajstić information content (AvgIpc) is 2.77. The molecule has 21 heavy (non-hydrogen) atoms. The number of hydrogen-bond donors (Lipinski definition) is 1. The minimum Gasteiger partial charge on any atom is -0.353 e. The summed E-state index contributed by atoms with van der Waals surface area (Å²) in [6.07, 6.45) is 1.99. The van der Waals surface area contributed by atoms with Crippen molar-refractivity contribution in [1.82, 2.24) is 9.62 Å². The van der Waals surface area contributed by atoms with E-state index in [2.05, 4.69) is 5.32 Å². The lowest BCUT2D eigenvalue weighted by atomic mass is 9.86. The van der Waals surface area contributed by atoms with Crippen LogP contribution >= 0.6 is 11.3 Å². The van der Waals surface area contributed by atoms with Crippen molar-refractivity contribution in [2.45, 2.75) is 44.0 Å². The molecule has 3 heterocycles. The molecule has 2 fully saturated rings. The van der Waals surface area contributed by atoms with Crippen LogP contribution < -0.4 is 5.32 Å². The first-order valence-electron chi connectivity index (χ1n) is 7.24. The number of carbonyl (C=O) groups excluding carboxylic acids is 1. The predicted molar refractivity (Wildman–Crippen MR) is 81.8 cm³/mol. The third kappa shape index (κ3) is 2.74. The van der Waals surface area contributed by atoms with E-state index in [1.54, 1.807) is 10.4 Å². The van der Waals surface area contributed by atoms with Crippen molar-refractivity contribution in [3.05, 3.63) is 15.8 Å². The third-order valence-electron chi connectivity index (χ3n) is 4.40. The lowest BCUT2D eigenvalue weighted by Crippen LogP contribution is -2.55. The Balaban J connectivity index is 1.82. The Bertz CT molecular complexity index is 666. The number of fused-ring (bicyclic) bond motifs is 1. The molecule has 0 bridgehead atoms. The molecule has 2 atom stereocenters. The van der Waals surface area contributed by atoms with Crippen molar-refractivity contribution in [3.63, 3.8) is 0 Å². The van der Waals surface area contributed by atoms with Gasteiger partial charge in [0.1, 0.15) is 0 Å². The maximum absolute atomic E-state index is 12.8. The van der Waals surface area contributed by atoms with Gasteiger partial charge < -0.3 is 5.32 Å². The lowest BCUT2D eigenvalue weighted by molar-refractivity contribution is -0.124. The fourth-order valence-electron chi connectivity index (χ4n) is 3.30. The molecule has 0 radical (unpaired) electrons. The summed E-state index contributed by atoms with van der Waals surface area (Å²) >= 11 is 1.52. The molecule has 0 spiro atoms. The summed E-state index contributed by atoms with van der Waals surface area (Å²) in [5.74, 6) is 0.336. The Morgan fingerprint density at radius 2 is 2.10 bits per heavy atom. The third-order valence-corrected chi connectivity index (χ3v) is 7.48. The van der Waals surface area contributed by atoms with Crippen molar-refractivity contribution in [2.24, 2.45) is 5.92 Å². The maximum Gasteiger partial charge on any atom is 0.244 e. The smallest absolute Gasteiger partial charge is 0.244 e. The molecule has 0 aliphatic carbocycles. The van der Waals surface area contributed by atoms with Crippen LogP contribution in [0.4, 0.5) is 0 Å². The monoisotopic (exact) mass is 328 g/mol. The summed E-state index contributed by atoms with van der Waals surface area (Å²) in [7, 11) is -3.40. The standard InChI is InChI=1S/C14H20N2O3S2/c1-9-7-13(10(2)20-9)21(18,19)16-6-5-12-11(8-16)3-4-14(17)15-12/h7,11-12H,3-6,8H2,1-2H3,(H,15,17). The molecule has 116 valence electrons. The Morgan fingerprint density at radius 3 is 2.76 bits per heavy atom. The van der Waals surface area contributed by atoms with Gasteiger partial charge in [0, 0.05) is 35.3 Å². The number of carbonyl (C=O) groups is 1. The maximum atomic E-state index is 12.8. The fraction of sp³-hybridized carbons (Fsp3) is 0.643. The van der Waals surface area contributed by atoms with E-state index in [0.29, 0.717) is 30.8 Å². The molecule has 1 aromatic rings. The van der Waals surface area contributed by atoms with Crippen molar-refractivity contribution < 1.29 is 13.2 Å². The number of nitrogens with zero attached hydrogens (tertiary/aromatic N) is 1. The summed E-state index contributed by atoms with van der Waals surface area (Å²) < 4.78 is 27.2. The molecule has 1 N–H and O–H groups in total. The number of thiophene rings is 1. The van der Waals surface area contributed by atoms with E-state index in [4.69, 9.17) is 0 Å². The summed E-state index contributed by atoms with van der Waals surface area (Å²) in [5.41, 5.74) is 0. The van der Waals surface area contributed by atoms with Gasteiger partial charge >= 0.3 is 0 Å². The van der Waals surface area contributed by atoms with Gasteiger partial charge in [-0.15, -0.1) is 11.3 Å². The largest absolute Gasteiger partial charge is 0.353 e. The zero-order valence-corrected chi connectivity index (χ0v) is 13.9. The number of rotatable bonds is 2. The van der Waals surface area contributed by atoms with Crippen molar-refractivity contribution in [1.29, 1.82) is 0 Å². The van der Waals surface area contributed by atoms with Crippen LogP contribution in [-0.4, -0.2) is 37.8 Å². The quantitative estimate of drug-likeness (QED) is 0.898. The fourth-order valence-corrected chi connectivity index (χ4v) is 6.33. The normalized spacial score (nSPS) is 27.2. The number of nitrogens with one attached hydrogen (secondary N) is 1. The topological polar surface area (TPSA) is 66.5 Å². The summed E-state index contributed by atoms with van der Waals surface area (Å²) in [5, 5.41) is 2.99. The van der Waals surface area contributed by atoms with Crippen LogP contribution in [0.2, 0.25) is 0 Å². The molecule has 0 saturated carbocycles. The molecule has 2 aliphatic rings. The SMILES string of the molecule is Cc1cc(S(=O)(=O)N2CCC3NC(=O)CCC3C2)c(C)s1. The average molecular weight is 328 g/mol.